The van der Waals surface area contributed by atoms with Gasteiger partial charge >= 0.3 is 5.97 Å². The van der Waals surface area contributed by atoms with Crippen molar-refractivity contribution in [1.82, 2.24) is 5.43 Å². The second kappa shape index (κ2) is 10.7. The van der Waals surface area contributed by atoms with E-state index in [4.69, 9.17) is 25.8 Å². The number of halogens is 1. The maximum Gasteiger partial charge on any atom is 0.343 e. The van der Waals surface area contributed by atoms with Crippen molar-refractivity contribution in [2.24, 2.45) is 5.10 Å². The molecule has 0 aliphatic heterocycles. The topological polar surface area (TPSA) is 86.2 Å². The number of methoxy groups -OCH3 is 2. The molecule has 0 aliphatic carbocycles. The Labute approximate surface area is 206 Å². The van der Waals surface area contributed by atoms with E-state index in [1.807, 2.05) is 30.3 Å². The van der Waals surface area contributed by atoms with Crippen LogP contribution in [0, 0.1) is 0 Å². The molecular weight excluding hydrogens is 468 g/mol. The first-order valence-electron chi connectivity index (χ1n) is 10.5. The van der Waals surface area contributed by atoms with Gasteiger partial charge in [0.15, 0.2) is 11.5 Å². The van der Waals surface area contributed by atoms with Crippen molar-refractivity contribution >= 4 is 40.5 Å². The largest absolute Gasteiger partial charge is 0.493 e. The summed E-state index contributed by atoms with van der Waals surface area (Å²) >= 11 is 5.88. The summed E-state index contributed by atoms with van der Waals surface area (Å²) in [6, 6.07) is 22.3. The minimum Gasteiger partial charge on any atom is -0.493 e. The molecule has 7 nitrogen and oxygen atoms in total. The van der Waals surface area contributed by atoms with Gasteiger partial charge in [-0.1, -0.05) is 41.9 Å². The third-order valence-electron chi connectivity index (χ3n) is 5.22. The molecule has 0 aromatic heterocycles. The highest BCUT2D eigenvalue weighted by molar-refractivity contribution is 6.30. The van der Waals surface area contributed by atoms with Gasteiger partial charge in [-0.3, -0.25) is 4.79 Å². The van der Waals surface area contributed by atoms with Crippen LogP contribution in [0.4, 0.5) is 0 Å². The van der Waals surface area contributed by atoms with Crippen LogP contribution in [-0.2, 0) is 0 Å². The molecule has 0 atom stereocenters. The van der Waals surface area contributed by atoms with Gasteiger partial charge < -0.3 is 14.2 Å². The summed E-state index contributed by atoms with van der Waals surface area (Å²) in [6.07, 6.45) is 1.45. The lowest BCUT2D eigenvalue weighted by Crippen LogP contribution is -2.17. The van der Waals surface area contributed by atoms with E-state index in [0.717, 1.165) is 10.8 Å². The molecule has 0 bridgehead atoms. The smallest absolute Gasteiger partial charge is 0.343 e. The molecule has 0 saturated carbocycles. The van der Waals surface area contributed by atoms with Crippen LogP contribution >= 0.6 is 11.6 Å². The average molecular weight is 489 g/mol. The zero-order valence-electron chi connectivity index (χ0n) is 18.9. The van der Waals surface area contributed by atoms with Crippen LogP contribution < -0.4 is 19.6 Å². The number of ether oxygens (including phenoxy) is 3. The Morgan fingerprint density at radius 1 is 0.829 bits per heavy atom. The summed E-state index contributed by atoms with van der Waals surface area (Å²) < 4.78 is 16.2. The van der Waals surface area contributed by atoms with E-state index in [0.29, 0.717) is 27.6 Å². The van der Waals surface area contributed by atoms with Crippen LogP contribution in [0.1, 0.15) is 26.3 Å². The van der Waals surface area contributed by atoms with Crippen molar-refractivity contribution < 1.29 is 23.8 Å². The minimum absolute atomic E-state index is 0.285. The number of amides is 1. The quantitative estimate of drug-likeness (QED) is 0.161. The molecule has 0 saturated heterocycles. The van der Waals surface area contributed by atoms with E-state index in [1.54, 1.807) is 48.5 Å². The van der Waals surface area contributed by atoms with Gasteiger partial charge in [-0.2, -0.15) is 5.10 Å². The Bertz CT molecular complexity index is 1420. The fraction of sp³-hybridized carbons (Fsp3) is 0.0741. The molecule has 0 heterocycles. The first-order valence-corrected chi connectivity index (χ1v) is 10.9. The fourth-order valence-corrected chi connectivity index (χ4v) is 3.57. The number of hydrazone groups is 1. The predicted octanol–water partition coefficient (Wildman–Crippen LogP) is 5.49. The number of carbonyl (C=O) groups is 2. The van der Waals surface area contributed by atoms with E-state index in [-0.39, 0.29) is 11.3 Å². The van der Waals surface area contributed by atoms with Crippen molar-refractivity contribution in [3.8, 4) is 17.2 Å². The lowest BCUT2D eigenvalue weighted by atomic mass is 10.0. The zero-order valence-corrected chi connectivity index (χ0v) is 19.7. The molecule has 1 N–H and O–H groups in total. The first kappa shape index (κ1) is 23.8. The van der Waals surface area contributed by atoms with Crippen molar-refractivity contribution in [3.05, 3.63) is 101 Å². The van der Waals surface area contributed by atoms with Gasteiger partial charge in [-0.05, 0) is 59.3 Å². The number of benzene rings is 4. The van der Waals surface area contributed by atoms with Crippen molar-refractivity contribution in [3.63, 3.8) is 0 Å². The highest BCUT2D eigenvalue weighted by Gasteiger charge is 2.16. The van der Waals surface area contributed by atoms with Crippen LogP contribution in [-0.4, -0.2) is 32.3 Å². The van der Waals surface area contributed by atoms with Crippen LogP contribution in [0.2, 0.25) is 5.02 Å². The fourth-order valence-electron chi connectivity index (χ4n) is 3.44. The van der Waals surface area contributed by atoms with Gasteiger partial charge in [0.05, 0.1) is 26.0 Å². The predicted molar refractivity (Wildman–Crippen MR) is 135 cm³/mol. The highest BCUT2D eigenvalue weighted by Crippen LogP contribution is 2.30. The summed E-state index contributed by atoms with van der Waals surface area (Å²) in [4.78, 5) is 25.3. The first-order chi connectivity index (χ1) is 17.0. The Morgan fingerprint density at radius 3 is 2.26 bits per heavy atom. The molecule has 35 heavy (non-hydrogen) atoms. The summed E-state index contributed by atoms with van der Waals surface area (Å²) in [5.41, 5.74) is 3.72. The molecule has 4 aromatic carbocycles. The van der Waals surface area contributed by atoms with E-state index in [2.05, 4.69) is 10.5 Å². The number of fused-ring (bicyclic) bond motifs is 1. The van der Waals surface area contributed by atoms with E-state index in [9.17, 15) is 9.59 Å². The lowest BCUT2D eigenvalue weighted by molar-refractivity contribution is 0.0734. The third-order valence-corrected chi connectivity index (χ3v) is 5.47. The molecule has 0 fully saturated rings. The summed E-state index contributed by atoms with van der Waals surface area (Å²) in [5.74, 6) is 0.210. The number of nitrogens with zero attached hydrogens (tertiary/aromatic N) is 1. The third kappa shape index (κ3) is 5.42. The number of hydrogen-bond acceptors (Lipinski definition) is 6. The zero-order chi connectivity index (χ0) is 24.8. The molecule has 4 aromatic rings. The number of esters is 1. The van der Waals surface area contributed by atoms with Gasteiger partial charge in [0.1, 0.15) is 5.75 Å². The van der Waals surface area contributed by atoms with E-state index >= 15 is 0 Å². The van der Waals surface area contributed by atoms with Crippen LogP contribution in [0.15, 0.2) is 84.0 Å². The Hall–Kier alpha value is -4.36. The SMILES string of the molecule is COc1ccc(C(=O)Oc2ccc3ccccc3c2C=NNC(=O)c2ccc(Cl)cc2)cc1OC. The monoisotopic (exact) mass is 488 g/mol. The van der Waals surface area contributed by atoms with Gasteiger partial charge in [0.25, 0.3) is 5.91 Å². The van der Waals surface area contributed by atoms with Crippen molar-refractivity contribution in [2.75, 3.05) is 14.2 Å². The molecule has 4 rings (SSSR count). The van der Waals surface area contributed by atoms with Crippen LogP contribution in [0.3, 0.4) is 0 Å². The molecule has 0 spiro atoms. The number of rotatable bonds is 7. The van der Waals surface area contributed by atoms with Crippen molar-refractivity contribution in [2.45, 2.75) is 0 Å². The lowest BCUT2D eigenvalue weighted by Gasteiger charge is -2.12. The summed E-state index contributed by atoms with van der Waals surface area (Å²) in [7, 11) is 3.01. The maximum atomic E-state index is 12.9. The normalized spacial score (nSPS) is 10.8. The van der Waals surface area contributed by atoms with Crippen LogP contribution in [0.5, 0.6) is 17.2 Å². The standard InChI is InChI=1S/C27H21ClN2O5/c1-33-24-14-10-19(15-25(24)34-2)27(32)35-23-13-9-17-5-3-4-6-21(17)22(23)16-29-30-26(31)18-7-11-20(28)12-8-18/h3-16H,1-2H3,(H,30,31). The number of hydrogen-bond donors (Lipinski definition) is 1. The molecule has 0 aliphatic rings. The van der Waals surface area contributed by atoms with Gasteiger partial charge in [-0.25, -0.2) is 10.2 Å². The van der Waals surface area contributed by atoms with Gasteiger partial charge in [0.2, 0.25) is 0 Å². The second-order valence-electron chi connectivity index (χ2n) is 7.36. The van der Waals surface area contributed by atoms with Crippen LogP contribution in [0.25, 0.3) is 10.8 Å². The molecule has 1 amide bonds. The minimum atomic E-state index is -0.582. The second-order valence-corrected chi connectivity index (χ2v) is 7.80. The van der Waals surface area contributed by atoms with Crippen molar-refractivity contribution in [1.29, 1.82) is 0 Å². The average Bonchev–Trinajstić information content (AvgIpc) is 2.89. The maximum absolute atomic E-state index is 12.9. The molecule has 0 radical (unpaired) electrons. The number of nitrogens with one attached hydrogen (secondary N) is 1. The summed E-state index contributed by atoms with van der Waals surface area (Å²) in [6.45, 7) is 0. The van der Waals surface area contributed by atoms with E-state index < -0.39 is 11.9 Å². The summed E-state index contributed by atoms with van der Waals surface area (Å²) in [5, 5.41) is 6.35. The molecule has 8 heteroatoms. The van der Waals surface area contributed by atoms with Gasteiger partial charge in [-0.15, -0.1) is 0 Å². The highest BCUT2D eigenvalue weighted by atomic mass is 35.5. The Kier molecular flexibility index (Phi) is 7.28. The Balaban J connectivity index is 1.62. The Morgan fingerprint density at radius 2 is 1.51 bits per heavy atom. The van der Waals surface area contributed by atoms with E-state index in [1.165, 1.54) is 20.4 Å². The molecule has 176 valence electrons. The molecular formula is C27H21ClN2O5. The van der Waals surface area contributed by atoms with Gasteiger partial charge in [0, 0.05) is 16.1 Å². The molecule has 0 unspecified atom stereocenters. The number of carbonyl (C=O) groups excluding carboxylic acids is 2.